The first-order valence-electron chi connectivity index (χ1n) is 3.51. The molecule has 1 heteroatoms. The van der Waals surface area contributed by atoms with Crippen LogP contribution >= 0.6 is 0 Å². The molecule has 0 spiro atoms. The van der Waals surface area contributed by atoms with Crippen molar-refractivity contribution in [1.29, 1.82) is 0 Å². The number of hydrogen-bond acceptors (Lipinski definition) is 1. The molecule has 3 saturated heterocycles. The highest BCUT2D eigenvalue weighted by Crippen LogP contribution is 2.25. The Hall–Kier alpha value is -0.0400. The fraction of sp³-hybridized carbons (Fsp3) is 0.857. The first kappa shape index (κ1) is 4.80. The summed E-state index contributed by atoms with van der Waals surface area (Å²) in [6.45, 7) is 3.99. The molecule has 2 bridgehead atoms. The van der Waals surface area contributed by atoms with Crippen LogP contribution in [0.1, 0.15) is 12.8 Å². The molecular formula is C7H12N. The summed E-state index contributed by atoms with van der Waals surface area (Å²) in [7, 11) is 0. The van der Waals surface area contributed by atoms with Crippen LogP contribution in [0.25, 0.3) is 0 Å². The molecule has 0 unspecified atom stereocenters. The Morgan fingerprint density at radius 2 is 2.00 bits per heavy atom. The third kappa shape index (κ3) is 0.655. The third-order valence-corrected chi connectivity index (χ3v) is 2.33. The number of piperidine rings is 3. The molecule has 0 aromatic carbocycles. The van der Waals surface area contributed by atoms with E-state index in [4.69, 9.17) is 0 Å². The summed E-state index contributed by atoms with van der Waals surface area (Å²) in [5.74, 6) is 0.986. The second kappa shape index (κ2) is 1.73. The fourth-order valence-electron chi connectivity index (χ4n) is 1.67. The van der Waals surface area contributed by atoms with Crippen LogP contribution in [0.5, 0.6) is 0 Å². The van der Waals surface area contributed by atoms with Gasteiger partial charge in [0.1, 0.15) is 0 Å². The van der Waals surface area contributed by atoms with Crippen molar-refractivity contribution in [2.75, 3.05) is 19.6 Å². The lowest BCUT2D eigenvalue weighted by molar-refractivity contribution is 0.157. The number of rotatable bonds is 0. The van der Waals surface area contributed by atoms with E-state index in [-0.39, 0.29) is 0 Å². The van der Waals surface area contributed by atoms with Crippen molar-refractivity contribution in [3.63, 3.8) is 0 Å². The van der Waals surface area contributed by atoms with Gasteiger partial charge in [-0.25, -0.2) is 0 Å². The van der Waals surface area contributed by atoms with Crippen LogP contribution in [0, 0.1) is 12.3 Å². The minimum absolute atomic E-state index is 0.986. The van der Waals surface area contributed by atoms with Gasteiger partial charge in [0.15, 0.2) is 0 Å². The summed E-state index contributed by atoms with van der Waals surface area (Å²) in [4.78, 5) is 2.53. The molecule has 1 radical (unpaired) electrons. The molecule has 3 aliphatic rings. The van der Waals surface area contributed by atoms with E-state index in [1.54, 1.807) is 0 Å². The Balaban J connectivity index is 2.03. The Labute approximate surface area is 50.7 Å². The van der Waals surface area contributed by atoms with Gasteiger partial charge in [0.2, 0.25) is 0 Å². The van der Waals surface area contributed by atoms with Crippen molar-refractivity contribution in [2.24, 2.45) is 5.92 Å². The van der Waals surface area contributed by atoms with Crippen LogP contribution in [0.3, 0.4) is 0 Å². The second-order valence-corrected chi connectivity index (χ2v) is 2.87. The molecule has 0 saturated carbocycles. The average Bonchev–Trinajstić information content (AvgIpc) is 1.92. The SMILES string of the molecule is [CH]1CN2CCC1CC2. The molecular weight excluding hydrogens is 98.1 g/mol. The highest BCUT2D eigenvalue weighted by molar-refractivity contribution is 4.91. The summed E-state index contributed by atoms with van der Waals surface area (Å²) in [6, 6.07) is 0. The predicted octanol–water partition coefficient (Wildman–Crippen LogP) is 0.916. The molecule has 1 nitrogen and oxygen atoms in total. The smallest absolute Gasteiger partial charge is 0.00156 e. The number of fused-ring (bicyclic) bond motifs is 3. The van der Waals surface area contributed by atoms with E-state index in [1.165, 1.54) is 32.5 Å². The average molecular weight is 110 g/mol. The number of hydrogen-bond donors (Lipinski definition) is 0. The van der Waals surface area contributed by atoms with Gasteiger partial charge in [-0.05, 0) is 38.3 Å². The fourth-order valence-corrected chi connectivity index (χ4v) is 1.67. The monoisotopic (exact) mass is 110 g/mol. The van der Waals surface area contributed by atoms with Crippen molar-refractivity contribution in [3.8, 4) is 0 Å². The molecule has 45 valence electrons. The van der Waals surface area contributed by atoms with E-state index in [0.29, 0.717) is 0 Å². The molecule has 0 atom stereocenters. The zero-order chi connectivity index (χ0) is 5.40. The van der Waals surface area contributed by atoms with Gasteiger partial charge in [0, 0.05) is 6.54 Å². The number of nitrogens with zero attached hydrogens (tertiary/aromatic N) is 1. The van der Waals surface area contributed by atoms with Gasteiger partial charge in [-0.15, -0.1) is 0 Å². The summed E-state index contributed by atoms with van der Waals surface area (Å²) in [6.07, 6.45) is 5.33. The Morgan fingerprint density at radius 1 is 1.25 bits per heavy atom. The highest BCUT2D eigenvalue weighted by Gasteiger charge is 2.24. The lowest BCUT2D eigenvalue weighted by Gasteiger charge is -2.38. The maximum Gasteiger partial charge on any atom is 0.00156 e. The third-order valence-electron chi connectivity index (χ3n) is 2.33. The van der Waals surface area contributed by atoms with Gasteiger partial charge in [-0.2, -0.15) is 0 Å². The molecule has 3 aliphatic heterocycles. The summed E-state index contributed by atoms with van der Waals surface area (Å²) >= 11 is 0. The van der Waals surface area contributed by atoms with E-state index < -0.39 is 0 Å². The molecule has 0 aromatic heterocycles. The van der Waals surface area contributed by atoms with Crippen LogP contribution in [0.15, 0.2) is 0 Å². The molecule has 3 rings (SSSR count). The maximum atomic E-state index is 2.53. The van der Waals surface area contributed by atoms with Gasteiger partial charge < -0.3 is 4.90 Å². The second-order valence-electron chi connectivity index (χ2n) is 2.87. The Bertz CT molecular complexity index is 59.4. The molecule has 0 amide bonds. The summed E-state index contributed by atoms with van der Waals surface area (Å²) in [5, 5.41) is 0. The minimum atomic E-state index is 0.986. The van der Waals surface area contributed by atoms with E-state index in [0.717, 1.165) is 5.92 Å². The van der Waals surface area contributed by atoms with Crippen LogP contribution in [-0.4, -0.2) is 24.5 Å². The zero-order valence-corrected chi connectivity index (χ0v) is 5.14. The van der Waals surface area contributed by atoms with Crippen molar-refractivity contribution in [3.05, 3.63) is 6.42 Å². The van der Waals surface area contributed by atoms with Crippen LogP contribution in [0.4, 0.5) is 0 Å². The van der Waals surface area contributed by atoms with E-state index in [1.807, 2.05) is 0 Å². The van der Waals surface area contributed by atoms with E-state index in [9.17, 15) is 0 Å². The first-order valence-corrected chi connectivity index (χ1v) is 3.51. The van der Waals surface area contributed by atoms with Gasteiger partial charge in [-0.1, -0.05) is 0 Å². The molecule has 8 heavy (non-hydrogen) atoms. The predicted molar refractivity (Wildman–Crippen MR) is 33.5 cm³/mol. The molecule has 0 aliphatic carbocycles. The Morgan fingerprint density at radius 3 is 2.12 bits per heavy atom. The Kier molecular flexibility index (Phi) is 1.04. The molecule has 0 aromatic rings. The van der Waals surface area contributed by atoms with Crippen LogP contribution in [0.2, 0.25) is 0 Å². The zero-order valence-electron chi connectivity index (χ0n) is 5.14. The minimum Gasteiger partial charge on any atom is -0.303 e. The van der Waals surface area contributed by atoms with Crippen molar-refractivity contribution >= 4 is 0 Å². The van der Waals surface area contributed by atoms with Crippen molar-refractivity contribution < 1.29 is 0 Å². The maximum absolute atomic E-state index is 2.53. The van der Waals surface area contributed by atoms with Crippen molar-refractivity contribution in [1.82, 2.24) is 4.90 Å². The quantitative estimate of drug-likeness (QED) is 0.448. The van der Waals surface area contributed by atoms with Gasteiger partial charge in [-0.3, -0.25) is 0 Å². The van der Waals surface area contributed by atoms with Crippen molar-refractivity contribution in [2.45, 2.75) is 12.8 Å². The standard InChI is InChI=1S/C7H12N/c1-4-8-5-2-7(1)3-6-8/h1,7H,2-6H2. The first-order chi connectivity index (χ1) is 3.95. The summed E-state index contributed by atoms with van der Waals surface area (Å²) < 4.78 is 0. The van der Waals surface area contributed by atoms with Crippen LogP contribution < -0.4 is 0 Å². The largest absolute Gasteiger partial charge is 0.303 e. The molecule has 3 heterocycles. The van der Waals surface area contributed by atoms with Gasteiger partial charge in [0.05, 0.1) is 0 Å². The summed E-state index contributed by atoms with van der Waals surface area (Å²) in [5.41, 5.74) is 0. The highest BCUT2D eigenvalue weighted by atomic mass is 15.1. The van der Waals surface area contributed by atoms with E-state index in [2.05, 4.69) is 11.3 Å². The lowest BCUT2D eigenvalue weighted by Crippen LogP contribution is -2.41. The molecule has 3 fully saturated rings. The van der Waals surface area contributed by atoms with Crippen LogP contribution in [-0.2, 0) is 0 Å². The lowest BCUT2D eigenvalue weighted by atomic mass is 9.89. The molecule has 0 N–H and O–H groups in total. The van der Waals surface area contributed by atoms with E-state index >= 15 is 0 Å². The van der Waals surface area contributed by atoms with Gasteiger partial charge in [0.25, 0.3) is 0 Å². The van der Waals surface area contributed by atoms with Gasteiger partial charge >= 0.3 is 0 Å². The topological polar surface area (TPSA) is 3.24 Å². The normalized spacial score (nSPS) is 45.0.